The number of nitrogens with zero attached hydrogens (tertiary/aromatic N) is 1. The zero-order valence-electron chi connectivity index (χ0n) is 9.64. The van der Waals surface area contributed by atoms with Crippen LogP contribution in [0.1, 0.15) is 21.8 Å². The first-order valence-corrected chi connectivity index (χ1v) is 5.88. The van der Waals surface area contributed by atoms with Gasteiger partial charge in [-0.3, -0.25) is 4.79 Å². The van der Waals surface area contributed by atoms with Crippen molar-refractivity contribution in [2.24, 2.45) is 0 Å². The lowest BCUT2D eigenvalue weighted by molar-refractivity contribution is 0.103. The van der Waals surface area contributed by atoms with Crippen molar-refractivity contribution < 1.29 is 14.1 Å². The second-order valence-electron chi connectivity index (χ2n) is 3.76. The highest BCUT2D eigenvalue weighted by Gasteiger charge is 2.02. The standard InChI is InChI=1S/C13H12ClNO3/c14-11-3-1-10(2-4-11)5-6-17-9-13-7-12(8-16)15-18-13/h1-4,7-8H,5-6,9H2. The fourth-order valence-corrected chi connectivity index (χ4v) is 1.59. The molecule has 0 aliphatic heterocycles. The average Bonchev–Trinajstić information content (AvgIpc) is 2.85. The van der Waals surface area contributed by atoms with Crippen LogP contribution in [0.2, 0.25) is 5.02 Å². The summed E-state index contributed by atoms with van der Waals surface area (Å²) in [5.41, 5.74) is 1.44. The van der Waals surface area contributed by atoms with Gasteiger partial charge in [-0.1, -0.05) is 28.9 Å². The van der Waals surface area contributed by atoms with Crippen molar-refractivity contribution in [1.29, 1.82) is 0 Å². The van der Waals surface area contributed by atoms with Gasteiger partial charge in [0.2, 0.25) is 0 Å². The highest BCUT2D eigenvalue weighted by Crippen LogP contribution is 2.10. The molecule has 1 aromatic heterocycles. The third kappa shape index (κ3) is 3.68. The minimum atomic E-state index is 0.284. The molecule has 0 bridgehead atoms. The van der Waals surface area contributed by atoms with Crippen LogP contribution >= 0.6 is 11.6 Å². The first kappa shape index (κ1) is 12.8. The van der Waals surface area contributed by atoms with Gasteiger partial charge in [-0.2, -0.15) is 0 Å². The first-order chi connectivity index (χ1) is 8.78. The maximum absolute atomic E-state index is 10.4. The number of ether oxygens (including phenoxy) is 1. The van der Waals surface area contributed by atoms with E-state index in [1.165, 1.54) is 0 Å². The molecule has 0 saturated carbocycles. The van der Waals surface area contributed by atoms with E-state index < -0.39 is 0 Å². The summed E-state index contributed by atoms with van der Waals surface area (Å²) in [6.07, 6.45) is 1.44. The number of aldehydes is 1. The lowest BCUT2D eigenvalue weighted by Gasteiger charge is -2.02. The molecular weight excluding hydrogens is 254 g/mol. The molecule has 0 atom stereocenters. The Balaban J connectivity index is 1.72. The molecule has 0 aliphatic rings. The van der Waals surface area contributed by atoms with Gasteiger partial charge < -0.3 is 9.26 Å². The minimum absolute atomic E-state index is 0.284. The largest absolute Gasteiger partial charge is 0.373 e. The fourth-order valence-electron chi connectivity index (χ4n) is 1.47. The summed E-state index contributed by atoms with van der Waals surface area (Å²) in [6.45, 7) is 0.882. The zero-order valence-corrected chi connectivity index (χ0v) is 10.4. The molecule has 4 nitrogen and oxygen atoms in total. The van der Waals surface area contributed by atoms with Crippen LogP contribution in [0.25, 0.3) is 0 Å². The smallest absolute Gasteiger partial charge is 0.171 e. The topological polar surface area (TPSA) is 52.3 Å². The lowest BCUT2D eigenvalue weighted by atomic mass is 10.2. The van der Waals surface area contributed by atoms with Crippen molar-refractivity contribution in [2.45, 2.75) is 13.0 Å². The molecule has 0 unspecified atom stereocenters. The minimum Gasteiger partial charge on any atom is -0.373 e. The van der Waals surface area contributed by atoms with Gasteiger partial charge in [-0.15, -0.1) is 0 Å². The predicted molar refractivity (Wildman–Crippen MR) is 66.7 cm³/mol. The molecule has 2 aromatic rings. The van der Waals surface area contributed by atoms with Crippen LogP contribution in [0.15, 0.2) is 34.9 Å². The van der Waals surface area contributed by atoms with Crippen LogP contribution in [0, 0.1) is 0 Å². The van der Waals surface area contributed by atoms with E-state index in [2.05, 4.69) is 5.16 Å². The molecule has 1 aromatic carbocycles. The normalized spacial score (nSPS) is 10.5. The lowest BCUT2D eigenvalue weighted by Crippen LogP contribution is -1.98. The van der Waals surface area contributed by atoms with Crippen molar-refractivity contribution in [3.63, 3.8) is 0 Å². The van der Waals surface area contributed by atoms with Gasteiger partial charge >= 0.3 is 0 Å². The van der Waals surface area contributed by atoms with Crippen molar-refractivity contribution in [2.75, 3.05) is 6.61 Å². The van der Waals surface area contributed by atoms with Gasteiger partial charge in [0.15, 0.2) is 12.0 Å². The molecule has 0 saturated heterocycles. The van der Waals surface area contributed by atoms with Crippen LogP contribution in [-0.2, 0) is 17.8 Å². The number of hydrogen-bond acceptors (Lipinski definition) is 4. The Kier molecular flexibility index (Phi) is 4.50. The summed E-state index contributed by atoms with van der Waals surface area (Å²) in [5.74, 6) is 0.549. The fraction of sp³-hybridized carbons (Fsp3) is 0.231. The Labute approximate surface area is 109 Å². The number of benzene rings is 1. The Bertz CT molecular complexity index is 507. The summed E-state index contributed by atoms with van der Waals surface area (Å²) in [6, 6.07) is 9.19. The third-order valence-corrected chi connectivity index (χ3v) is 2.64. The van der Waals surface area contributed by atoms with Crippen molar-refractivity contribution in [3.8, 4) is 0 Å². The van der Waals surface area contributed by atoms with Gasteiger partial charge in [0.25, 0.3) is 0 Å². The molecule has 0 aliphatic carbocycles. The van der Waals surface area contributed by atoms with Gasteiger partial charge in [-0.05, 0) is 24.1 Å². The van der Waals surface area contributed by atoms with Crippen LogP contribution < -0.4 is 0 Å². The molecule has 0 N–H and O–H groups in total. The summed E-state index contributed by atoms with van der Waals surface area (Å²) < 4.78 is 10.3. The number of halogens is 1. The third-order valence-electron chi connectivity index (χ3n) is 2.39. The van der Waals surface area contributed by atoms with Gasteiger partial charge in [0.05, 0.1) is 6.61 Å². The number of aromatic nitrogens is 1. The molecule has 94 valence electrons. The van der Waals surface area contributed by atoms with E-state index in [0.29, 0.717) is 25.3 Å². The van der Waals surface area contributed by atoms with E-state index in [1.54, 1.807) is 6.07 Å². The molecule has 2 rings (SSSR count). The van der Waals surface area contributed by atoms with Crippen molar-refractivity contribution >= 4 is 17.9 Å². The van der Waals surface area contributed by atoms with Crippen LogP contribution in [-0.4, -0.2) is 18.0 Å². The second-order valence-corrected chi connectivity index (χ2v) is 4.20. The van der Waals surface area contributed by atoms with Crippen LogP contribution in [0.5, 0.6) is 0 Å². The van der Waals surface area contributed by atoms with E-state index in [-0.39, 0.29) is 5.69 Å². The quantitative estimate of drug-likeness (QED) is 0.595. The SMILES string of the molecule is O=Cc1cc(COCCc2ccc(Cl)cc2)on1. The molecule has 0 fully saturated rings. The molecule has 0 radical (unpaired) electrons. The number of rotatable bonds is 6. The Hall–Kier alpha value is -1.65. The molecule has 1 heterocycles. The van der Waals surface area contributed by atoms with Gasteiger partial charge in [-0.25, -0.2) is 0 Å². The van der Waals surface area contributed by atoms with Gasteiger partial charge in [0.1, 0.15) is 12.3 Å². The Morgan fingerprint density at radius 1 is 1.33 bits per heavy atom. The van der Waals surface area contributed by atoms with Crippen molar-refractivity contribution in [1.82, 2.24) is 5.16 Å². The zero-order chi connectivity index (χ0) is 12.8. The molecule has 0 amide bonds. The number of carbonyl (C=O) groups is 1. The van der Waals surface area contributed by atoms with E-state index in [4.69, 9.17) is 20.9 Å². The summed E-state index contributed by atoms with van der Waals surface area (Å²) in [4.78, 5) is 10.4. The van der Waals surface area contributed by atoms with E-state index in [1.807, 2.05) is 24.3 Å². The van der Waals surface area contributed by atoms with Crippen LogP contribution in [0.4, 0.5) is 0 Å². The van der Waals surface area contributed by atoms with E-state index in [9.17, 15) is 4.79 Å². The summed E-state index contributed by atoms with van der Waals surface area (Å²) in [5, 5.41) is 4.27. The highest BCUT2D eigenvalue weighted by molar-refractivity contribution is 6.30. The monoisotopic (exact) mass is 265 g/mol. The molecule has 5 heteroatoms. The Morgan fingerprint density at radius 3 is 2.78 bits per heavy atom. The highest BCUT2D eigenvalue weighted by atomic mass is 35.5. The van der Waals surface area contributed by atoms with E-state index >= 15 is 0 Å². The van der Waals surface area contributed by atoms with E-state index in [0.717, 1.165) is 17.0 Å². The number of hydrogen-bond donors (Lipinski definition) is 0. The van der Waals surface area contributed by atoms with Crippen molar-refractivity contribution in [3.05, 3.63) is 52.4 Å². The maximum Gasteiger partial charge on any atom is 0.171 e. The first-order valence-electron chi connectivity index (χ1n) is 5.51. The summed E-state index contributed by atoms with van der Waals surface area (Å²) >= 11 is 5.79. The average molecular weight is 266 g/mol. The molecule has 18 heavy (non-hydrogen) atoms. The second kappa shape index (κ2) is 6.33. The summed E-state index contributed by atoms with van der Waals surface area (Å²) in [7, 11) is 0. The molecule has 0 spiro atoms. The maximum atomic E-state index is 10.4. The predicted octanol–water partition coefficient (Wildman–Crippen LogP) is 2.90. The number of carbonyl (C=O) groups excluding carboxylic acids is 1. The van der Waals surface area contributed by atoms with Gasteiger partial charge in [0, 0.05) is 11.1 Å². The van der Waals surface area contributed by atoms with Crippen LogP contribution in [0.3, 0.4) is 0 Å². The Morgan fingerprint density at radius 2 is 2.11 bits per heavy atom. The molecular formula is C13H12ClNO3.